The zero-order chi connectivity index (χ0) is 8.91. The lowest BCUT2D eigenvalue weighted by Crippen LogP contribution is -2.08. The van der Waals surface area contributed by atoms with Crippen molar-refractivity contribution in [1.29, 1.82) is 0 Å². The molecule has 0 nitrogen and oxygen atoms in total. The minimum Gasteiger partial charge on any atom is -0.207 e. The first-order valence-corrected chi connectivity index (χ1v) is 3.64. The second kappa shape index (κ2) is 4.27. The average molecular weight is 160 g/mol. The summed E-state index contributed by atoms with van der Waals surface area (Å²) in [7, 11) is 0. The average Bonchev–Trinajstić information content (AvgIpc) is 1.83. The van der Waals surface area contributed by atoms with Crippen molar-refractivity contribution in [3.63, 3.8) is 0 Å². The fraction of sp³-hybridized carbons (Fsp3) is 0.556. The Hall–Kier alpha value is -0.660. The second-order valence-electron chi connectivity index (χ2n) is 2.73. The summed E-state index contributed by atoms with van der Waals surface area (Å²) < 4.78 is 24.5. The van der Waals surface area contributed by atoms with Crippen molar-refractivity contribution in [1.82, 2.24) is 0 Å². The van der Waals surface area contributed by atoms with Gasteiger partial charge in [-0.1, -0.05) is 24.3 Å². The van der Waals surface area contributed by atoms with Crippen molar-refractivity contribution in [3.05, 3.63) is 24.3 Å². The Morgan fingerprint density at radius 2 is 2.09 bits per heavy atom. The molecule has 2 heteroatoms. The van der Waals surface area contributed by atoms with Crippen molar-refractivity contribution in [3.8, 4) is 0 Å². The van der Waals surface area contributed by atoms with Gasteiger partial charge in [0.05, 0.1) is 0 Å². The Balaban J connectivity index is 3.63. The van der Waals surface area contributed by atoms with E-state index >= 15 is 0 Å². The molecule has 0 amide bonds. The monoisotopic (exact) mass is 160 g/mol. The van der Waals surface area contributed by atoms with Crippen LogP contribution in [0.3, 0.4) is 0 Å². The van der Waals surface area contributed by atoms with E-state index in [4.69, 9.17) is 0 Å². The molecule has 0 aliphatic rings. The molecule has 0 aliphatic carbocycles. The Morgan fingerprint density at radius 1 is 1.55 bits per heavy atom. The summed E-state index contributed by atoms with van der Waals surface area (Å²) in [4.78, 5) is 0. The van der Waals surface area contributed by atoms with E-state index in [0.717, 1.165) is 12.5 Å². The van der Waals surface area contributed by atoms with E-state index < -0.39 is 5.92 Å². The number of hydrogen-bond acceptors (Lipinski definition) is 0. The van der Waals surface area contributed by atoms with Gasteiger partial charge in [-0.2, -0.15) is 0 Å². The van der Waals surface area contributed by atoms with Crippen LogP contribution in [0.4, 0.5) is 8.78 Å². The van der Waals surface area contributed by atoms with Gasteiger partial charge in [-0.25, -0.2) is 8.78 Å². The smallest absolute Gasteiger partial charge is 0.207 e. The fourth-order valence-electron chi connectivity index (χ4n) is 0.699. The Labute approximate surface area is 66.6 Å². The summed E-state index contributed by atoms with van der Waals surface area (Å²) in [5, 5.41) is 0. The van der Waals surface area contributed by atoms with Crippen LogP contribution in [0, 0.1) is 0 Å². The molecule has 0 aromatic heterocycles. The fourth-order valence-corrected chi connectivity index (χ4v) is 0.699. The molecule has 11 heavy (non-hydrogen) atoms. The third-order valence-electron chi connectivity index (χ3n) is 1.29. The van der Waals surface area contributed by atoms with Crippen LogP contribution >= 0.6 is 0 Å². The van der Waals surface area contributed by atoms with E-state index in [1.54, 1.807) is 12.2 Å². The van der Waals surface area contributed by atoms with Crippen LogP contribution in [-0.2, 0) is 0 Å². The minimum atomic E-state index is -2.56. The van der Waals surface area contributed by atoms with E-state index in [0.29, 0.717) is 6.42 Å². The largest absolute Gasteiger partial charge is 0.245 e. The van der Waals surface area contributed by atoms with E-state index in [2.05, 4.69) is 6.58 Å². The first-order chi connectivity index (χ1) is 4.95. The van der Waals surface area contributed by atoms with Crippen LogP contribution < -0.4 is 0 Å². The third-order valence-corrected chi connectivity index (χ3v) is 1.29. The van der Waals surface area contributed by atoms with Gasteiger partial charge in [0.2, 0.25) is 5.92 Å². The molecule has 0 saturated heterocycles. The van der Waals surface area contributed by atoms with Crippen molar-refractivity contribution in [2.75, 3.05) is 0 Å². The summed E-state index contributed by atoms with van der Waals surface area (Å²) >= 11 is 0. The van der Waals surface area contributed by atoms with Crippen LogP contribution in [-0.4, -0.2) is 5.92 Å². The van der Waals surface area contributed by atoms with Gasteiger partial charge in [0, 0.05) is 6.42 Å². The normalized spacial score (nSPS) is 12.4. The van der Waals surface area contributed by atoms with E-state index in [1.165, 1.54) is 0 Å². The minimum absolute atomic E-state index is 0.115. The maximum absolute atomic E-state index is 12.3. The number of hydrogen-bond donors (Lipinski definition) is 0. The van der Waals surface area contributed by atoms with E-state index in [1.807, 2.05) is 6.92 Å². The lowest BCUT2D eigenvalue weighted by Gasteiger charge is -2.08. The molecule has 0 unspecified atom stereocenters. The third kappa shape index (κ3) is 7.23. The summed E-state index contributed by atoms with van der Waals surface area (Å²) in [5.74, 6) is -2.56. The van der Waals surface area contributed by atoms with Crippen LogP contribution in [0.1, 0.15) is 26.7 Å². The van der Waals surface area contributed by atoms with Gasteiger partial charge in [0.25, 0.3) is 0 Å². The highest BCUT2D eigenvalue weighted by Crippen LogP contribution is 2.21. The van der Waals surface area contributed by atoms with Gasteiger partial charge >= 0.3 is 0 Å². The molecule has 0 rings (SSSR count). The van der Waals surface area contributed by atoms with Gasteiger partial charge in [0.1, 0.15) is 0 Å². The molecule has 0 bridgehead atoms. The topological polar surface area (TPSA) is 0 Å². The standard InChI is InChI=1S/C9H14F2/c1-4-5-8(2)6-7-9(3,10)11/h4-5H,2,6-7H2,1,3H3/b5-4+. The second-order valence-corrected chi connectivity index (χ2v) is 2.73. The number of halogens is 2. The van der Waals surface area contributed by atoms with Gasteiger partial charge in [0.15, 0.2) is 0 Å². The molecule has 0 aliphatic heterocycles. The van der Waals surface area contributed by atoms with E-state index in [-0.39, 0.29) is 6.42 Å². The highest BCUT2D eigenvalue weighted by molar-refractivity contribution is 5.13. The molecule has 0 spiro atoms. The lowest BCUT2D eigenvalue weighted by atomic mass is 10.1. The Kier molecular flexibility index (Phi) is 4.01. The predicted molar refractivity (Wildman–Crippen MR) is 43.8 cm³/mol. The van der Waals surface area contributed by atoms with Crippen molar-refractivity contribution in [2.45, 2.75) is 32.6 Å². The van der Waals surface area contributed by atoms with Crippen molar-refractivity contribution >= 4 is 0 Å². The molecule has 0 heterocycles. The van der Waals surface area contributed by atoms with Gasteiger partial charge in [-0.3, -0.25) is 0 Å². The van der Waals surface area contributed by atoms with Crippen LogP contribution in [0.25, 0.3) is 0 Å². The molecular formula is C9H14F2. The van der Waals surface area contributed by atoms with Crippen LogP contribution in [0.2, 0.25) is 0 Å². The van der Waals surface area contributed by atoms with Gasteiger partial charge < -0.3 is 0 Å². The predicted octanol–water partition coefficient (Wildman–Crippen LogP) is 3.55. The van der Waals surface area contributed by atoms with Crippen LogP contribution in [0.5, 0.6) is 0 Å². The molecule has 0 aromatic rings. The van der Waals surface area contributed by atoms with Gasteiger partial charge in [-0.15, -0.1) is 0 Å². The van der Waals surface area contributed by atoms with Crippen LogP contribution in [0.15, 0.2) is 24.3 Å². The number of alkyl halides is 2. The Morgan fingerprint density at radius 3 is 2.45 bits per heavy atom. The molecule has 0 fully saturated rings. The summed E-state index contributed by atoms with van der Waals surface area (Å²) in [6, 6.07) is 0. The zero-order valence-electron chi connectivity index (χ0n) is 7.03. The highest BCUT2D eigenvalue weighted by Gasteiger charge is 2.19. The molecule has 0 aromatic carbocycles. The van der Waals surface area contributed by atoms with Crippen molar-refractivity contribution in [2.24, 2.45) is 0 Å². The highest BCUT2D eigenvalue weighted by atomic mass is 19.3. The van der Waals surface area contributed by atoms with E-state index in [9.17, 15) is 8.78 Å². The molecule has 0 N–H and O–H groups in total. The van der Waals surface area contributed by atoms with Crippen molar-refractivity contribution < 1.29 is 8.78 Å². The lowest BCUT2D eigenvalue weighted by molar-refractivity contribution is 0.0135. The molecular weight excluding hydrogens is 146 g/mol. The maximum Gasteiger partial charge on any atom is 0.245 e. The zero-order valence-corrected chi connectivity index (χ0v) is 7.03. The summed E-state index contributed by atoms with van der Waals surface area (Å²) in [6.07, 6.45) is 3.81. The molecule has 64 valence electrons. The molecule has 0 radical (unpaired) electrons. The quantitative estimate of drug-likeness (QED) is 0.551. The summed E-state index contributed by atoms with van der Waals surface area (Å²) in [5.41, 5.74) is 0.758. The van der Waals surface area contributed by atoms with Gasteiger partial charge in [-0.05, 0) is 20.3 Å². The SMILES string of the molecule is C=C(/C=C/C)CCC(C)(F)F. The maximum atomic E-state index is 12.3. The Bertz CT molecular complexity index is 151. The first-order valence-electron chi connectivity index (χ1n) is 3.64. The number of allylic oxidation sites excluding steroid dienone is 3. The summed E-state index contributed by atoms with van der Waals surface area (Å²) in [6.45, 7) is 6.40. The first kappa shape index (κ1) is 10.3. The molecule has 0 saturated carbocycles. The molecule has 0 atom stereocenters. The number of rotatable bonds is 4.